The number of nitrogens with zero attached hydrogens (tertiary/aromatic N) is 3. The Hall–Kier alpha value is -2.45. The number of piperazine rings is 1. The van der Waals surface area contributed by atoms with Gasteiger partial charge in [-0.25, -0.2) is 0 Å². The van der Waals surface area contributed by atoms with Gasteiger partial charge < -0.3 is 15.3 Å². The number of carbonyl (C=O) groups is 3. The Bertz CT molecular complexity index is 687. The highest BCUT2D eigenvalue weighted by molar-refractivity contribution is 5.93. The van der Waals surface area contributed by atoms with Gasteiger partial charge in [-0.1, -0.05) is 25.1 Å². The molecule has 0 unspecified atom stereocenters. The Morgan fingerprint density at radius 2 is 1.82 bits per heavy atom. The molecule has 1 aromatic carbocycles. The maximum atomic E-state index is 12.3. The second-order valence-electron chi connectivity index (χ2n) is 7.10. The molecule has 0 spiro atoms. The van der Waals surface area contributed by atoms with Crippen molar-refractivity contribution in [3.05, 3.63) is 29.8 Å². The van der Waals surface area contributed by atoms with Crippen LogP contribution in [0.2, 0.25) is 0 Å². The Morgan fingerprint density at radius 3 is 2.46 bits per heavy atom. The summed E-state index contributed by atoms with van der Waals surface area (Å²) in [6, 6.07) is 7.79. The number of amides is 2. The van der Waals surface area contributed by atoms with E-state index in [9.17, 15) is 14.4 Å². The number of hydrogen-bond acceptors (Lipinski definition) is 5. The highest BCUT2D eigenvalue weighted by Gasteiger charge is 2.23. The fourth-order valence-corrected chi connectivity index (χ4v) is 3.20. The highest BCUT2D eigenvalue weighted by Crippen LogP contribution is 2.15. The molecule has 0 atom stereocenters. The van der Waals surface area contributed by atoms with Crippen molar-refractivity contribution in [1.82, 2.24) is 14.7 Å². The van der Waals surface area contributed by atoms with Crippen LogP contribution in [-0.2, 0) is 20.8 Å². The molecule has 0 radical (unpaired) electrons. The van der Waals surface area contributed by atoms with Crippen LogP contribution in [0.4, 0.5) is 5.69 Å². The molecule has 2 N–H and O–H groups in total. The van der Waals surface area contributed by atoms with Crippen molar-refractivity contribution in [2.75, 3.05) is 58.2 Å². The maximum absolute atomic E-state index is 12.3. The second-order valence-corrected chi connectivity index (χ2v) is 7.10. The zero-order valence-electron chi connectivity index (χ0n) is 16.7. The lowest BCUT2D eigenvalue weighted by molar-refractivity contribution is -0.139. The number of carbonyl (C=O) groups excluding carboxylic acids is 2. The van der Waals surface area contributed by atoms with Crippen LogP contribution in [0.5, 0.6) is 0 Å². The van der Waals surface area contributed by atoms with Crippen molar-refractivity contribution < 1.29 is 19.5 Å². The van der Waals surface area contributed by atoms with Crippen LogP contribution in [0.25, 0.3) is 0 Å². The molecule has 1 aromatic rings. The minimum Gasteiger partial charge on any atom is -0.481 e. The van der Waals surface area contributed by atoms with E-state index in [0.29, 0.717) is 39.3 Å². The Kier molecular flexibility index (Phi) is 8.41. The van der Waals surface area contributed by atoms with Crippen molar-refractivity contribution in [1.29, 1.82) is 0 Å². The van der Waals surface area contributed by atoms with Gasteiger partial charge in [0.2, 0.25) is 11.8 Å². The number of likely N-dealkylation sites (N-methyl/N-ethyl adjacent to an activating group) is 1. The lowest BCUT2D eigenvalue weighted by Crippen LogP contribution is -2.52. The van der Waals surface area contributed by atoms with Gasteiger partial charge in [0, 0.05) is 38.4 Å². The van der Waals surface area contributed by atoms with Crippen molar-refractivity contribution >= 4 is 23.5 Å². The molecule has 0 aromatic heterocycles. The van der Waals surface area contributed by atoms with Crippen molar-refractivity contribution in [3.8, 4) is 0 Å². The Morgan fingerprint density at radius 1 is 1.14 bits per heavy atom. The van der Waals surface area contributed by atoms with E-state index in [1.807, 2.05) is 29.2 Å². The summed E-state index contributed by atoms with van der Waals surface area (Å²) in [6.07, 6.45) is 0.881. The van der Waals surface area contributed by atoms with E-state index in [2.05, 4.69) is 12.2 Å². The zero-order chi connectivity index (χ0) is 20.5. The smallest absolute Gasteiger partial charge is 0.304 e. The molecule has 0 bridgehead atoms. The van der Waals surface area contributed by atoms with E-state index in [0.717, 1.165) is 17.7 Å². The monoisotopic (exact) mass is 390 g/mol. The summed E-state index contributed by atoms with van der Waals surface area (Å²) in [5.74, 6) is -0.921. The van der Waals surface area contributed by atoms with Crippen LogP contribution < -0.4 is 5.32 Å². The summed E-state index contributed by atoms with van der Waals surface area (Å²) in [6.45, 7) is 5.36. The zero-order valence-corrected chi connectivity index (χ0v) is 16.7. The average Bonchev–Trinajstić information content (AvgIpc) is 2.67. The maximum Gasteiger partial charge on any atom is 0.304 e. The minimum atomic E-state index is -0.868. The topological polar surface area (TPSA) is 93.2 Å². The van der Waals surface area contributed by atoms with E-state index < -0.39 is 5.97 Å². The average molecular weight is 390 g/mol. The first kappa shape index (κ1) is 21.8. The van der Waals surface area contributed by atoms with Crippen LogP contribution >= 0.6 is 0 Å². The SMILES string of the molecule is CCc1ccccc1NC(=O)CN1CCN(C(=O)CN(C)CCC(=O)O)CC1. The van der Waals surface area contributed by atoms with E-state index in [1.54, 1.807) is 16.8 Å². The molecule has 154 valence electrons. The lowest BCUT2D eigenvalue weighted by Gasteiger charge is -2.35. The first-order chi connectivity index (χ1) is 13.4. The number of para-hydroxylation sites is 1. The number of aryl methyl sites for hydroxylation is 1. The van der Waals surface area contributed by atoms with Gasteiger partial charge in [0.15, 0.2) is 0 Å². The van der Waals surface area contributed by atoms with Gasteiger partial charge in [-0.05, 0) is 25.1 Å². The van der Waals surface area contributed by atoms with Gasteiger partial charge in [0.25, 0.3) is 0 Å². The quantitative estimate of drug-likeness (QED) is 0.646. The van der Waals surface area contributed by atoms with Crippen molar-refractivity contribution in [2.45, 2.75) is 19.8 Å². The molecule has 28 heavy (non-hydrogen) atoms. The molecule has 2 amide bonds. The molecule has 2 rings (SSSR count). The van der Waals surface area contributed by atoms with Gasteiger partial charge in [-0.3, -0.25) is 24.2 Å². The number of benzene rings is 1. The molecule has 1 saturated heterocycles. The number of nitrogens with one attached hydrogen (secondary N) is 1. The van der Waals surface area contributed by atoms with Crippen LogP contribution in [0.1, 0.15) is 18.9 Å². The number of carboxylic acid groups (broad SMARTS) is 1. The summed E-state index contributed by atoms with van der Waals surface area (Å²) in [5.41, 5.74) is 1.96. The van der Waals surface area contributed by atoms with Gasteiger partial charge in [-0.15, -0.1) is 0 Å². The van der Waals surface area contributed by atoms with E-state index in [-0.39, 0.29) is 24.8 Å². The summed E-state index contributed by atoms with van der Waals surface area (Å²) < 4.78 is 0. The lowest BCUT2D eigenvalue weighted by atomic mass is 10.1. The summed E-state index contributed by atoms with van der Waals surface area (Å²) in [5, 5.41) is 11.7. The molecule has 0 aliphatic carbocycles. The van der Waals surface area contributed by atoms with E-state index in [1.165, 1.54) is 0 Å². The van der Waals surface area contributed by atoms with Crippen LogP contribution in [-0.4, -0.2) is 90.5 Å². The fourth-order valence-electron chi connectivity index (χ4n) is 3.20. The third-order valence-corrected chi connectivity index (χ3v) is 4.88. The van der Waals surface area contributed by atoms with Gasteiger partial charge in [-0.2, -0.15) is 0 Å². The van der Waals surface area contributed by atoms with Crippen LogP contribution in [0.3, 0.4) is 0 Å². The number of aliphatic carboxylic acids is 1. The van der Waals surface area contributed by atoms with E-state index in [4.69, 9.17) is 5.11 Å². The summed E-state index contributed by atoms with van der Waals surface area (Å²) in [4.78, 5) is 40.8. The first-order valence-corrected chi connectivity index (χ1v) is 9.67. The van der Waals surface area contributed by atoms with Gasteiger partial charge in [0.1, 0.15) is 0 Å². The molecular weight excluding hydrogens is 360 g/mol. The number of rotatable bonds is 9. The Labute approximate surface area is 166 Å². The fraction of sp³-hybridized carbons (Fsp3) is 0.550. The summed E-state index contributed by atoms with van der Waals surface area (Å²) >= 11 is 0. The van der Waals surface area contributed by atoms with Crippen molar-refractivity contribution in [3.63, 3.8) is 0 Å². The third kappa shape index (κ3) is 6.94. The normalized spacial score (nSPS) is 14.9. The molecule has 0 saturated carbocycles. The molecule has 1 aliphatic heterocycles. The van der Waals surface area contributed by atoms with Gasteiger partial charge >= 0.3 is 5.97 Å². The van der Waals surface area contributed by atoms with Gasteiger partial charge in [0.05, 0.1) is 19.5 Å². The largest absolute Gasteiger partial charge is 0.481 e. The standard InChI is InChI=1S/C20H30N4O4/c1-3-16-6-4-5-7-17(16)21-18(25)14-23-10-12-24(13-11-23)19(26)15-22(2)9-8-20(27)28/h4-7H,3,8-15H2,1-2H3,(H,21,25)(H,27,28). The van der Waals surface area contributed by atoms with Crippen molar-refractivity contribution in [2.24, 2.45) is 0 Å². The first-order valence-electron chi connectivity index (χ1n) is 9.67. The number of hydrogen-bond donors (Lipinski definition) is 2. The summed E-state index contributed by atoms with van der Waals surface area (Å²) in [7, 11) is 1.75. The molecular formula is C20H30N4O4. The highest BCUT2D eigenvalue weighted by atomic mass is 16.4. The minimum absolute atomic E-state index is 0.00568. The molecule has 8 nitrogen and oxygen atoms in total. The molecule has 1 fully saturated rings. The molecule has 1 heterocycles. The Balaban J connectivity index is 1.73. The third-order valence-electron chi connectivity index (χ3n) is 4.88. The number of anilines is 1. The number of carboxylic acids is 1. The second kappa shape index (κ2) is 10.8. The molecule has 8 heteroatoms. The predicted octanol–water partition coefficient (Wildman–Crippen LogP) is 0.738. The predicted molar refractivity (Wildman–Crippen MR) is 107 cm³/mol. The van der Waals surface area contributed by atoms with E-state index >= 15 is 0 Å². The van der Waals surface area contributed by atoms with Crippen LogP contribution in [0, 0.1) is 0 Å². The molecule has 1 aliphatic rings. The van der Waals surface area contributed by atoms with Crippen LogP contribution in [0.15, 0.2) is 24.3 Å².